The fourth-order valence-electron chi connectivity index (χ4n) is 7.31. The van der Waals surface area contributed by atoms with Gasteiger partial charge in [-0.25, -0.2) is 0 Å². The number of hydrogen-bond donors (Lipinski definition) is 0. The molecule has 3 fully saturated rings. The summed E-state index contributed by atoms with van der Waals surface area (Å²) in [5, 5.41) is 0. The van der Waals surface area contributed by atoms with Gasteiger partial charge in [-0.1, -0.05) is 101 Å². The lowest BCUT2D eigenvalue weighted by molar-refractivity contribution is 0.242. The van der Waals surface area contributed by atoms with Gasteiger partial charge in [0.05, 0.1) is 0 Å². The van der Waals surface area contributed by atoms with E-state index in [0.717, 1.165) is 35.5 Å². The molecule has 3 atom stereocenters. The van der Waals surface area contributed by atoms with Crippen LogP contribution in [0.5, 0.6) is 0 Å². The molecule has 0 spiro atoms. The first-order valence-corrected chi connectivity index (χ1v) is 14.7. The molecule has 3 rings (SSSR count). The summed E-state index contributed by atoms with van der Waals surface area (Å²) in [6.07, 6.45) is 35.7. The van der Waals surface area contributed by atoms with E-state index in [9.17, 15) is 0 Å². The van der Waals surface area contributed by atoms with Crippen molar-refractivity contribution in [2.45, 2.75) is 129 Å². The molecular formula is C32H54. The first kappa shape index (κ1) is 25.8. The van der Waals surface area contributed by atoms with Gasteiger partial charge in [0.2, 0.25) is 0 Å². The summed E-state index contributed by atoms with van der Waals surface area (Å²) in [4.78, 5) is 0. The average Bonchev–Trinajstić information content (AvgIpc) is 2.84. The maximum absolute atomic E-state index is 4.75. The largest absolute Gasteiger partial charge is 0.0993 e. The van der Waals surface area contributed by atoms with Crippen LogP contribution in [0.1, 0.15) is 129 Å². The van der Waals surface area contributed by atoms with Crippen molar-refractivity contribution in [3.8, 4) is 0 Å². The van der Waals surface area contributed by atoms with Gasteiger partial charge in [0.15, 0.2) is 0 Å². The van der Waals surface area contributed by atoms with Gasteiger partial charge in [0.1, 0.15) is 0 Å². The van der Waals surface area contributed by atoms with Gasteiger partial charge in [0, 0.05) is 0 Å². The molecule has 0 heterocycles. The third kappa shape index (κ3) is 7.92. The molecule has 0 amide bonds. The number of allylic oxidation sites excluding steroid dienone is 5. The van der Waals surface area contributed by atoms with Crippen LogP contribution in [0.2, 0.25) is 0 Å². The highest BCUT2D eigenvalue weighted by atomic mass is 14.4. The second-order valence-corrected chi connectivity index (χ2v) is 11.6. The topological polar surface area (TPSA) is 0 Å². The molecule has 0 saturated heterocycles. The third-order valence-corrected chi connectivity index (χ3v) is 9.37. The van der Waals surface area contributed by atoms with E-state index < -0.39 is 0 Å². The molecule has 0 bridgehead atoms. The highest BCUT2D eigenvalue weighted by Gasteiger charge is 2.31. The molecule has 0 N–H and O–H groups in total. The SMILES string of the molecule is C=C(C1CCC(CCCCC)CC1)C1CCCCC1/C=C/CC(/C=C/C)C1CCCCC1. The predicted molar refractivity (Wildman–Crippen MR) is 143 cm³/mol. The quantitative estimate of drug-likeness (QED) is 0.222. The minimum Gasteiger partial charge on any atom is -0.0993 e. The summed E-state index contributed by atoms with van der Waals surface area (Å²) in [7, 11) is 0. The van der Waals surface area contributed by atoms with Crippen LogP contribution in [0.25, 0.3) is 0 Å². The molecule has 0 heteroatoms. The Labute approximate surface area is 201 Å². The minimum atomic E-state index is 0.760. The Morgan fingerprint density at radius 1 is 0.875 bits per heavy atom. The lowest BCUT2D eigenvalue weighted by Gasteiger charge is -2.38. The van der Waals surface area contributed by atoms with Crippen molar-refractivity contribution in [2.75, 3.05) is 0 Å². The second-order valence-electron chi connectivity index (χ2n) is 11.6. The third-order valence-electron chi connectivity index (χ3n) is 9.37. The number of hydrogen-bond acceptors (Lipinski definition) is 0. The standard InChI is InChI=1S/C32H54/c1-4-6-8-15-27-22-24-28(25-23-27)26(3)32-21-12-11-18-31(32)20-13-19-29(14-5-2)30-16-9-7-10-17-30/h5,13-14,20,27-32H,3-4,6-12,15-19,21-25H2,1-2H3/b14-5+,20-13+. The zero-order valence-corrected chi connectivity index (χ0v) is 21.7. The van der Waals surface area contributed by atoms with Gasteiger partial charge >= 0.3 is 0 Å². The molecule has 0 aromatic carbocycles. The Morgan fingerprint density at radius 2 is 1.59 bits per heavy atom. The van der Waals surface area contributed by atoms with Crippen LogP contribution in [0.4, 0.5) is 0 Å². The van der Waals surface area contributed by atoms with Gasteiger partial charge in [-0.3, -0.25) is 0 Å². The average molecular weight is 439 g/mol. The predicted octanol–water partition coefficient (Wildman–Crippen LogP) is 10.5. The summed E-state index contributed by atoms with van der Waals surface area (Å²) in [5.74, 6) is 5.04. The van der Waals surface area contributed by atoms with Gasteiger partial charge in [-0.2, -0.15) is 0 Å². The molecule has 0 aromatic heterocycles. The summed E-state index contributed by atoms with van der Waals surface area (Å²) >= 11 is 0. The molecule has 0 aromatic rings. The lowest BCUT2D eigenvalue weighted by atomic mass is 9.68. The van der Waals surface area contributed by atoms with Crippen molar-refractivity contribution < 1.29 is 0 Å². The molecule has 3 aliphatic carbocycles. The molecule has 182 valence electrons. The second kappa shape index (κ2) is 14.5. The first-order valence-electron chi connectivity index (χ1n) is 14.7. The van der Waals surface area contributed by atoms with Crippen molar-refractivity contribution in [3.63, 3.8) is 0 Å². The van der Waals surface area contributed by atoms with Crippen LogP contribution >= 0.6 is 0 Å². The first-order chi connectivity index (χ1) is 15.7. The molecular weight excluding hydrogens is 384 g/mol. The van der Waals surface area contributed by atoms with Crippen LogP contribution in [-0.2, 0) is 0 Å². The van der Waals surface area contributed by atoms with Crippen molar-refractivity contribution in [1.82, 2.24) is 0 Å². The molecule has 3 aliphatic rings. The summed E-state index contributed by atoms with van der Waals surface area (Å²) < 4.78 is 0. The van der Waals surface area contributed by atoms with E-state index in [4.69, 9.17) is 6.58 Å². The van der Waals surface area contributed by atoms with E-state index in [1.165, 1.54) is 116 Å². The minimum absolute atomic E-state index is 0.760. The van der Waals surface area contributed by atoms with Crippen LogP contribution in [0.15, 0.2) is 36.5 Å². The van der Waals surface area contributed by atoms with Gasteiger partial charge < -0.3 is 0 Å². The Balaban J connectivity index is 1.50. The number of unbranched alkanes of at least 4 members (excludes halogenated alkanes) is 2. The van der Waals surface area contributed by atoms with E-state index in [-0.39, 0.29) is 0 Å². The normalized spacial score (nSPS) is 31.3. The fraction of sp³-hybridized carbons (Fsp3) is 0.812. The van der Waals surface area contributed by atoms with Crippen molar-refractivity contribution in [2.24, 2.45) is 35.5 Å². The zero-order chi connectivity index (χ0) is 22.6. The van der Waals surface area contributed by atoms with Gasteiger partial charge in [0.25, 0.3) is 0 Å². The van der Waals surface area contributed by atoms with Crippen LogP contribution in [-0.4, -0.2) is 0 Å². The van der Waals surface area contributed by atoms with E-state index >= 15 is 0 Å². The van der Waals surface area contributed by atoms with E-state index in [0.29, 0.717) is 0 Å². The fourth-order valence-corrected chi connectivity index (χ4v) is 7.31. The maximum atomic E-state index is 4.75. The zero-order valence-electron chi connectivity index (χ0n) is 21.7. The monoisotopic (exact) mass is 438 g/mol. The van der Waals surface area contributed by atoms with Gasteiger partial charge in [-0.15, -0.1) is 0 Å². The van der Waals surface area contributed by atoms with E-state index in [2.05, 4.69) is 38.2 Å². The van der Waals surface area contributed by atoms with Crippen LogP contribution < -0.4 is 0 Å². The van der Waals surface area contributed by atoms with Gasteiger partial charge in [-0.05, 0) is 100 Å². The Morgan fingerprint density at radius 3 is 2.31 bits per heavy atom. The molecule has 0 aliphatic heterocycles. The Hall–Kier alpha value is -0.780. The van der Waals surface area contributed by atoms with E-state index in [1.807, 2.05) is 0 Å². The summed E-state index contributed by atoms with van der Waals surface area (Å²) in [6.45, 7) is 9.29. The Kier molecular flexibility index (Phi) is 11.7. The van der Waals surface area contributed by atoms with Crippen LogP contribution in [0.3, 0.4) is 0 Å². The van der Waals surface area contributed by atoms with Crippen LogP contribution in [0, 0.1) is 35.5 Å². The summed E-state index contributed by atoms with van der Waals surface area (Å²) in [5.41, 5.74) is 1.64. The maximum Gasteiger partial charge on any atom is -0.0140 e. The van der Waals surface area contributed by atoms with Crippen molar-refractivity contribution >= 4 is 0 Å². The Bertz CT molecular complexity index is 567. The molecule has 0 nitrogen and oxygen atoms in total. The summed E-state index contributed by atoms with van der Waals surface area (Å²) in [6, 6.07) is 0. The molecule has 32 heavy (non-hydrogen) atoms. The van der Waals surface area contributed by atoms with E-state index in [1.54, 1.807) is 5.57 Å². The highest BCUT2D eigenvalue weighted by molar-refractivity contribution is 5.13. The molecule has 0 radical (unpaired) electrons. The van der Waals surface area contributed by atoms with Crippen molar-refractivity contribution in [3.05, 3.63) is 36.5 Å². The highest BCUT2D eigenvalue weighted by Crippen LogP contribution is 2.44. The lowest BCUT2D eigenvalue weighted by Crippen LogP contribution is -2.26. The number of rotatable bonds is 11. The molecule has 3 unspecified atom stereocenters. The smallest absolute Gasteiger partial charge is 0.0140 e. The van der Waals surface area contributed by atoms with Crippen molar-refractivity contribution in [1.29, 1.82) is 0 Å². The molecule has 3 saturated carbocycles.